The number of hydrazone groups is 1. The van der Waals surface area contributed by atoms with E-state index in [1.807, 2.05) is 129 Å². The van der Waals surface area contributed by atoms with Gasteiger partial charge in [0, 0.05) is 43.0 Å². The van der Waals surface area contributed by atoms with Crippen LogP contribution in [0.3, 0.4) is 0 Å². The number of nitrogens with zero attached hydrogens (tertiary/aromatic N) is 4. The predicted octanol–water partition coefficient (Wildman–Crippen LogP) is 5.97. The van der Waals surface area contributed by atoms with Gasteiger partial charge in [-0.1, -0.05) is 97.9 Å². The van der Waals surface area contributed by atoms with Gasteiger partial charge in [0.25, 0.3) is 5.91 Å². The minimum absolute atomic E-state index is 0.0266. The van der Waals surface area contributed by atoms with Crippen LogP contribution in [0.15, 0.2) is 114 Å². The Kier molecular flexibility index (Phi) is 10.2. The van der Waals surface area contributed by atoms with Gasteiger partial charge >= 0.3 is 0 Å². The Morgan fingerprint density at radius 1 is 0.906 bits per heavy atom. The van der Waals surface area contributed by atoms with Crippen molar-refractivity contribution in [2.24, 2.45) is 11.0 Å². The first-order valence-electron chi connectivity index (χ1n) is 18.3. The third-order valence-corrected chi connectivity index (χ3v) is 13.4. The van der Waals surface area contributed by atoms with Crippen LogP contribution in [0.2, 0.25) is 18.6 Å². The second-order valence-corrected chi connectivity index (χ2v) is 18.8. The molecular weight excluding hydrogens is 685 g/mol. The summed E-state index contributed by atoms with van der Waals surface area (Å²) in [7, 11) is -3.00. The molecule has 7 rings (SSSR count). The maximum absolute atomic E-state index is 14.8. The van der Waals surface area contributed by atoms with Crippen LogP contribution < -0.4 is 9.91 Å². The number of carbonyl (C=O) groups is 3. The molecule has 2 N–H and O–H groups in total. The zero-order chi connectivity index (χ0) is 37.3. The Bertz CT molecular complexity index is 2000. The summed E-state index contributed by atoms with van der Waals surface area (Å²) >= 11 is 0. The van der Waals surface area contributed by atoms with Gasteiger partial charge in [-0.3, -0.25) is 14.4 Å². The molecule has 3 amide bonds. The molecule has 1 saturated heterocycles. The normalized spacial score (nSPS) is 22.7. The molecule has 0 aromatic heterocycles. The van der Waals surface area contributed by atoms with Crippen molar-refractivity contribution in [2.45, 2.75) is 69.6 Å². The number of benzene rings is 4. The van der Waals surface area contributed by atoms with Crippen LogP contribution in [0.5, 0.6) is 0 Å². The predicted molar refractivity (Wildman–Crippen MR) is 207 cm³/mol. The SMILES string of the molecule is C[C@H]1[C@H]([Si](C)(C)O)[C@@H](CC(=O)N(CCO)Cc2ccccc2)O[C@]12C(=O)N(Cc1ccc(N3N=C(c4ccccc4)CCC3=O)cc1)c1ccccc12. The van der Waals surface area contributed by atoms with Crippen molar-refractivity contribution >= 4 is 43.1 Å². The zero-order valence-electron chi connectivity index (χ0n) is 30.4. The van der Waals surface area contributed by atoms with Gasteiger partial charge < -0.3 is 24.4 Å². The van der Waals surface area contributed by atoms with E-state index in [2.05, 4.69) is 0 Å². The summed E-state index contributed by atoms with van der Waals surface area (Å²) in [4.78, 5) is 56.7. The first kappa shape index (κ1) is 36.4. The van der Waals surface area contributed by atoms with E-state index < -0.39 is 31.5 Å². The molecule has 4 aromatic rings. The molecule has 3 heterocycles. The number of anilines is 2. The Morgan fingerprint density at radius 3 is 2.25 bits per heavy atom. The average Bonchev–Trinajstić information content (AvgIpc) is 3.58. The number of hydrogen-bond acceptors (Lipinski definition) is 7. The minimum Gasteiger partial charge on any atom is -0.432 e. The van der Waals surface area contributed by atoms with Crippen molar-refractivity contribution in [2.75, 3.05) is 23.1 Å². The van der Waals surface area contributed by atoms with Gasteiger partial charge in [0.1, 0.15) is 0 Å². The number of para-hydroxylation sites is 1. The number of ether oxygens (including phenoxy) is 1. The largest absolute Gasteiger partial charge is 0.432 e. The number of hydrogen-bond donors (Lipinski definition) is 2. The van der Waals surface area contributed by atoms with Crippen LogP contribution >= 0.6 is 0 Å². The highest BCUT2D eigenvalue weighted by molar-refractivity contribution is 6.71. The average molecular weight is 731 g/mol. The van der Waals surface area contributed by atoms with Crippen LogP contribution in [0.25, 0.3) is 0 Å². The third kappa shape index (κ3) is 6.97. The highest BCUT2D eigenvalue weighted by atomic mass is 28.4. The second kappa shape index (κ2) is 14.8. The van der Waals surface area contributed by atoms with Crippen molar-refractivity contribution < 1.29 is 29.0 Å². The summed E-state index contributed by atoms with van der Waals surface area (Å²) < 4.78 is 6.89. The molecule has 0 saturated carbocycles. The zero-order valence-corrected chi connectivity index (χ0v) is 31.4. The van der Waals surface area contributed by atoms with Crippen molar-refractivity contribution in [3.63, 3.8) is 0 Å². The molecule has 1 fully saturated rings. The monoisotopic (exact) mass is 730 g/mol. The van der Waals surface area contributed by atoms with Gasteiger partial charge in [0.2, 0.25) is 11.8 Å². The highest BCUT2D eigenvalue weighted by Crippen LogP contribution is 2.59. The molecule has 3 aliphatic heterocycles. The first-order valence-corrected chi connectivity index (χ1v) is 21.3. The molecule has 0 unspecified atom stereocenters. The molecule has 11 heteroatoms. The van der Waals surface area contributed by atoms with Gasteiger partial charge in [0.15, 0.2) is 13.9 Å². The Morgan fingerprint density at radius 2 is 1.57 bits per heavy atom. The lowest BCUT2D eigenvalue weighted by molar-refractivity contribution is -0.150. The summed E-state index contributed by atoms with van der Waals surface area (Å²) in [6.07, 6.45) is 0.209. The maximum atomic E-state index is 14.8. The van der Waals surface area contributed by atoms with Crippen molar-refractivity contribution in [1.82, 2.24) is 4.90 Å². The van der Waals surface area contributed by atoms with E-state index in [4.69, 9.17) is 9.84 Å². The molecule has 0 aliphatic carbocycles. The van der Waals surface area contributed by atoms with Gasteiger partial charge in [-0.05, 0) is 48.0 Å². The topological polar surface area (TPSA) is 123 Å². The molecule has 1 spiro atoms. The summed E-state index contributed by atoms with van der Waals surface area (Å²) in [6, 6.07) is 34.6. The smallest absolute Gasteiger partial charge is 0.264 e. The molecule has 4 atom stereocenters. The van der Waals surface area contributed by atoms with Gasteiger partial charge in [-0.15, -0.1) is 0 Å². The standard InChI is InChI=1S/C42H46N4O6Si/c1-29-40(53(2,3)51)37(26-39(49)44(24-25-47)27-30-12-6-4-7-13-30)52-42(29)34-16-10-11-17-36(34)45(41(42)50)28-31-18-20-33(21-19-31)46-38(48)23-22-35(43-46)32-14-8-5-9-15-32/h4-21,29,37,40,47,51H,22-28H2,1-3H3/t29-,37+,40-,42+/m0/s1. The Hall–Kier alpha value is -4.94. The van der Waals surface area contributed by atoms with E-state index in [1.54, 1.807) is 9.80 Å². The molecule has 53 heavy (non-hydrogen) atoms. The van der Waals surface area contributed by atoms with E-state index in [0.29, 0.717) is 25.1 Å². The third-order valence-electron chi connectivity index (χ3n) is 10.9. The fourth-order valence-corrected chi connectivity index (χ4v) is 11.0. The number of aliphatic hydroxyl groups excluding tert-OH is 1. The fraction of sp³-hybridized carbons (Fsp3) is 0.333. The summed E-state index contributed by atoms with van der Waals surface area (Å²) in [5.74, 6) is -0.931. The van der Waals surface area contributed by atoms with E-state index in [1.165, 1.54) is 5.01 Å². The second-order valence-electron chi connectivity index (χ2n) is 14.8. The molecule has 10 nitrogen and oxygen atoms in total. The van der Waals surface area contributed by atoms with Gasteiger partial charge in [-0.2, -0.15) is 5.10 Å². The molecule has 274 valence electrons. The number of carbonyl (C=O) groups excluding carboxylic acids is 3. The number of rotatable bonds is 11. The lowest BCUT2D eigenvalue weighted by atomic mass is 9.82. The molecular formula is C42H46N4O6Si. The minimum atomic E-state index is -3.00. The van der Waals surface area contributed by atoms with Gasteiger partial charge in [-0.25, -0.2) is 5.01 Å². The summed E-state index contributed by atoms with van der Waals surface area (Å²) in [6.45, 7) is 6.21. The first-order chi connectivity index (χ1) is 25.5. The highest BCUT2D eigenvalue weighted by Gasteiger charge is 2.66. The van der Waals surface area contributed by atoms with Crippen molar-refractivity contribution in [3.05, 3.63) is 131 Å². The van der Waals surface area contributed by atoms with Crippen LogP contribution in [-0.2, 0) is 37.8 Å². The van der Waals surface area contributed by atoms with E-state index in [-0.39, 0.29) is 43.8 Å². The van der Waals surface area contributed by atoms with Crippen molar-refractivity contribution in [1.29, 1.82) is 0 Å². The molecule has 0 bridgehead atoms. The lowest BCUT2D eigenvalue weighted by Gasteiger charge is -2.32. The molecule has 4 aromatic carbocycles. The van der Waals surface area contributed by atoms with Crippen LogP contribution in [0.1, 0.15) is 48.4 Å². The number of fused-ring (bicyclic) bond motifs is 2. The summed E-state index contributed by atoms with van der Waals surface area (Å²) in [5.41, 5.74) is 3.94. The summed E-state index contributed by atoms with van der Waals surface area (Å²) in [5, 5.41) is 16.0. The van der Waals surface area contributed by atoms with E-state index in [9.17, 15) is 24.3 Å². The Balaban J connectivity index is 1.15. The maximum Gasteiger partial charge on any atom is 0.264 e. The van der Waals surface area contributed by atoms with Gasteiger partial charge in [0.05, 0.1) is 42.8 Å². The van der Waals surface area contributed by atoms with E-state index in [0.717, 1.165) is 33.7 Å². The fourth-order valence-electron chi connectivity index (χ4n) is 8.42. The van der Waals surface area contributed by atoms with Crippen LogP contribution in [0, 0.1) is 5.92 Å². The molecule has 3 aliphatic rings. The van der Waals surface area contributed by atoms with Crippen LogP contribution in [0.4, 0.5) is 11.4 Å². The number of amides is 3. The quantitative estimate of drug-likeness (QED) is 0.183. The van der Waals surface area contributed by atoms with E-state index >= 15 is 0 Å². The van der Waals surface area contributed by atoms with Crippen LogP contribution in [-0.4, -0.2) is 65.8 Å². The Labute approximate surface area is 311 Å². The molecule has 0 radical (unpaired) electrons. The van der Waals surface area contributed by atoms with Crippen molar-refractivity contribution in [3.8, 4) is 0 Å². The lowest BCUT2D eigenvalue weighted by Crippen LogP contribution is -2.46. The number of aliphatic hydroxyl groups is 1.